The number of aromatic nitrogens is 2. The number of thiophene rings is 2. The Hall–Kier alpha value is -2.35. The number of aromatic amines is 1. The fourth-order valence-electron chi connectivity index (χ4n) is 2.49. The molecule has 3 nitrogen and oxygen atoms in total. The number of halogens is 3. The molecule has 0 unspecified atom stereocenters. The van der Waals surface area contributed by atoms with Crippen molar-refractivity contribution in [2.45, 2.75) is 0 Å². The van der Waals surface area contributed by atoms with Crippen LogP contribution in [0.2, 0.25) is 0 Å². The number of hydrogen-bond acceptors (Lipinski definition) is 4. The first-order valence-electron chi connectivity index (χ1n) is 7.41. The van der Waals surface area contributed by atoms with Crippen molar-refractivity contribution in [1.82, 2.24) is 9.97 Å². The summed E-state index contributed by atoms with van der Waals surface area (Å²) >= 11 is 9.12. The van der Waals surface area contributed by atoms with E-state index < -0.39 is 11.6 Å². The Morgan fingerprint density at radius 1 is 1.19 bits per heavy atom. The van der Waals surface area contributed by atoms with Gasteiger partial charge in [0.1, 0.15) is 4.83 Å². The molecule has 0 atom stereocenters. The Morgan fingerprint density at radius 3 is 2.77 bits per heavy atom. The van der Waals surface area contributed by atoms with Crippen molar-refractivity contribution < 1.29 is 8.78 Å². The topological polar surface area (TPSA) is 45.8 Å². The van der Waals surface area contributed by atoms with Gasteiger partial charge in [0, 0.05) is 15.8 Å². The number of fused-ring (bicyclic) bond motifs is 1. The molecule has 0 fully saturated rings. The molecule has 0 aliphatic heterocycles. The van der Waals surface area contributed by atoms with E-state index in [2.05, 4.69) is 9.97 Å². The standard InChI is InChI=1S/C18H9ClF2N2OS2/c19-11(6-9-3-4-12(20)13(21)7-9)16-22-17(24)15-10(8-26-18(15)23-16)14-2-1-5-25-14/h1-8H,(H,22,23,24)/b11-6-. The summed E-state index contributed by atoms with van der Waals surface area (Å²) in [7, 11) is 0. The molecule has 0 radical (unpaired) electrons. The summed E-state index contributed by atoms with van der Waals surface area (Å²) in [4.78, 5) is 21.2. The van der Waals surface area contributed by atoms with E-state index in [0.29, 0.717) is 15.8 Å². The Kier molecular flexibility index (Phi) is 4.44. The molecule has 0 aliphatic carbocycles. The maximum atomic E-state index is 13.3. The third-order valence-corrected chi connectivity index (χ3v) is 5.76. The zero-order chi connectivity index (χ0) is 18.3. The molecule has 0 spiro atoms. The predicted molar refractivity (Wildman–Crippen MR) is 104 cm³/mol. The third-order valence-electron chi connectivity index (χ3n) is 3.69. The maximum absolute atomic E-state index is 13.3. The lowest BCUT2D eigenvalue weighted by Gasteiger charge is -2.01. The van der Waals surface area contributed by atoms with E-state index in [-0.39, 0.29) is 16.4 Å². The fraction of sp³-hybridized carbons (Fsp3) is 0. The number of hydrogen-bond donors (Lipinski definition) is 1. The van der Waals surface area contributed by atoms with Crippen LogP contribution in [0, 0.1) is 11.6 Å². The molecule has 0 bridgehead atoms. The Labute approximate surface area is 159 Å². The van der Waals surface area contributed by atoms with Gasteiger partial charge >= 0.3 is 0 Å². The summed E-state index contributed by atoms with van der Waals surface area (Å²) in [6.07, 6.45) is 1.42. The normalized spacial score (nSPS) is 12.0. The van der Waals surface area contributed by atoms with Crippen LogP contribution in [0.5, 0.6) is 0 Å². The molecule has 4 aromatic rings. The quantitative estimate of drug-likeness (QED) is 0.472. The van der Waals surface area contributed by atoms with Crippen molar-refractivity contribution in [3.05, 3.63) is 74.5 Å². The molecule has 130 valence electrons. The van der Waals surface area contributed by atoms with Gasteiger partial charge in [-0.25, -0.2) is 13.8 Å². The van der Waals surface area contributed by atoms with Gasteiger partial charge in [0.25, 0.3) is 5.56 Å². The lowest BCUT2D eigenvalue weighted by molar-refractivity contribution is 0.508. The first-order valence-corrected chi connectivity index (χ1v) is 9.54. The van der Waals surface area contributed by atoms with Crippen LogP contribution in [0.1, 0.15) is 11.4 Å². The number of rotatable bonds is 3. The van der Waals surface area contributed by atoms with Gasteiger partial charge in [-0.3, -0.25) is 4.79 Å². The average molecular weight is 407 g/mol. The second kappa shape index (κ2) is 6.75. The average Bonchev–Trinajstić information content (AvgIpc) is 3.27. The number of nitrogens with zero attached hydrogens (tertiary/aromatic N) is 1. The minimum atomic E-state index is -0.973. The lowest BCUT2D eigenvalue weighted by Crippen LogP contribution is -2.10. The molecule has 1 N–H and O–H groups in total. The monoisotopic (exact) mass is 406 g/mol. The van der Waals surface area contributed by atoms with Gasteiger partial charge in [-0.2, -0.15) is 0 Å². The predicted octanol–water partition coefficient (Wildman–Crippen LogP) is 5.73. The van der Waals surface area contributed by atoms with E-state index in [1.807, 2.05) is 22.9 Å². The van der Waals surface area contributed by atoms with Gasteiger partial charge in [0.05, 0.1) is 10.4 Å². The molecule has 4 rings (SSSR count). The molecule has 3 aromatic heterocycles. The van der Waals surface area contributed by atoms with E-state index >= 15 is 0 Å². The molecule has 0 saturated carbocycles. The van der Waals surface area contributed by atoms with Crippen LogP contribution in [-0.4, -0.2) is 9.97 Å². The summed E-state index contributed by atoms with van der Waals surface area (Å²) < 4.78 is 26.3. The molecular formula is C18H9ClF2N2OS2. The van der Waals surface area contributed by atoms with Crippen LogP contribution >= 0.6 is 34.3 Å². The minimum absolute atomic E-state index is 0.126. The van der Waals surface area contributed by atoms with Crippen LogP contribution in [0.3, 0.4) is 0 Å². The Balaban J connectivity index is 1.79. The van der Waals surface area contributed by atoms with Crippen LogP contribution in [0.25, 0.3) is 31.8 Å². The van der Waals surface area contributed by atoms with Crippen molar-refractivity contribution >= 4 is 55.6 Å². The highest BCUT2D eigenvalue weighted by Gasteiger charge is 2.14. The third kappa shape index (κ3) is 3.09. The largest absolute Gasteiger partial charge is 0.305 e. The summed E-state index contributed by atoms with van der Waals surface area (Å²) in [5.74, 6) is -1.74. The van der Waals surface area contributed by atoms with E-state index in [1.165, 1.54) is 23.5 Å². The van der Waals surface area contributed by atoms with Gasteiger partial charge < -0.3 is 4.98 Å². The van der Waals surface area contributed by atoms with Crippen LogP contribution in [-0.2, 0) is 0 Å². The van der Waals surface area contributed by atoms with Crippen molar-refractivity contribution in [3.63, 3.8) is 0 Å². The summed E-state index contributed by atoms with van der Waals surface area (Å²) in [5, 5.41) is 4.46. The Morgan fingerprint density at radius 2 is 2.04 bits per heavy atom. The second-order valence-electron chi connectivity index (χ2n) is 5.39. The van der Waals surface area contributed by atoms with E-state index in [0.717, 1.165) is 22.6 Å². The van der Waals surface area contributed by atoms with Gasteiger partial charge in [-0.1, -0.05) is 23.7 Å². The van der Waals surface area contributed by atoms with Gasteiger partial charge in [0.15, 0.2) is 17.5 Å². The zero-order valence-electron chi connectivity index (χ0n) is 12.9. The highest BCUT2D eigenvalue weighted by Crippen LogP contribution is 2.34. The van der Waals surface area contributed by atoms with Crippen molar-refractivity contribution in [3.8, 4) is 10.4 Å². The van der Waals surface area contributed by atoms with Crippen molar-refractivity contribution in [2.24, 2.45) is 0 Å². The number of H-pyrrole nitrogens is 1. The van der Waals surface area contributed by atoms with Crippen molar-refractivity contribution in [2.75, 3.05) is 0 Å². The zero-order valence-corrected chi connectivity index (χ0v) is 15.3. The lowest BCUT2D eigenvalue weighted by atomic mass is 10.2. The smallest absolute Gasteiger partial charge is 0.260 e. The molecule has 0 amide bonds. The van der Waals surface area contributed by atoms with Crippen LogP contribution in [0.4, 0.5) is 8.78 Å². The SMILES string of the molecule is O=c1[nH]c(/C(Cl)=C/c2ccc(F)c(F)c2)nc2scc(-c3cccs3)c12. The molecular weight excluding hydrogens is 398 g/mol. The van der Waals surface area contributed by atoms with Crippen molar-refractivity contribution in [1.29, 1.82) is 0 Å². The molecule has 8 heteroatoms. The van der Waals surface area contributed by atoms with Gasteiger partial charge in [-0.05, 0) is 35.2 Å². The Bertz CT molecular complexity index is 1200. The van der Waals surface area contributed by atoms with Crippen LogP contribution in [0.15, 0.2) is 45.9 Å². The minimum Gasteiger partial charge on any atom is -0.305 e. The van der Waals surface area contributed by atoms with Gasteiger partial charge in [0.2, 0.25) is 0 Å². The fourth-order valence-corrected chi connectivity index (χ4v) is 4.47. The highest BCUT2D eigenvalue weighted by atomic mass is 35.5. The van der Waals surface area contributed by atoms with E-state index in [9.17, 15) is 13.6 Å². The highest BCUT2D eigenvalue weighted by molar-refractivity contribution is 7.18. The molecule has 0 saturated heterocycles. The van der Waals surface area contributed by atoms with Crippen LogP contribution < -0.4 is 5.56 Å². The molecule has 26 heavy (non-hydrogen) atoms. The number of benzene rings is 1. The summed E-state index contributed by atoms with van der Waals surface area (Å²) in [5.41, 5.74) is 0.898. The molecule has 3 heterocycles. The molecule has 1 aromatic carbocycles. The first-order chi connectivity index (χ1) is 12.5. The second-order valence-corrected chi connectivity index (χ2v) is 7.60. The van der Waals surface area contributed by atoms with E-state index in [4.69, 9.17) is 11.6 Å². The first kappa shape index (κ1) is 17.1. The summed E-state index contributed by atoms with van der Waals surface area (Å²) in [6.45, 7) is 0. The number of nitrogens with one attached hydrogen (secondary N) is 1. The van der Waals surface area contributed by atoms with Gasteiger partial charge in [-0.15, -0.1) is 22.7 Å². The molecule has 0 aliphatic rings. The van der Waals surface area contributed by atoms with E-state index in [1.54, 1.807) is 11.3 Å². The maximum Gasteiger partial charge on any atom is 0.260 e. The summed E-state index contributed by atoms with van der Waals surface area (Å²) in [6, 6.07) is 7.28.